The quantitative estimate of drug-likeness (QED) is 0.854. The Morgan fingerprint density at radius 2 is 1.68 bits per heavy atom. The minimum Gasteiger partial charge on any atom is -0.344 e. The van der Waals surface area contributed by atoms with Crippen molar-refractivity contribution in [1.82, 2.24) is 5.32 Å². The Kier molecular flexibility index (Phi) is 5.17. The lowest BCUT2D eigenvalue weighted by Crippen LogP contribution is -2.35. The fourth-order valence-corrected chi connectivity index (χ4v) is 2.36. The van der Waals surface area contributed by atoms with Gasteiger partial charge in [-0.3, -0.25) is 9.59 Å². The van der Waals surface area contributed by atoms with Crippen molar-refractivity contribution in [1.29, 1.82) is 0 Å². The Balaban J connectivity index is 1.93. The van der Waals surface area contributed by atoms with Crippen molar-refractivity contribution in [2.24, 2.45) is 0 Å². The normalized spacial score (nSPS) is 10.1. The van der Waals surface area contributed by atoms with E-state index in [1.165, 1.54) is 0 Å². The van der Waals surface area contributed by atoms with Crippen LogP contribution in [0.3, 0.4) is 0 Å². The van der Waals surface area contributed by atoms with Gasteiger partial charge in [-0.05, 0) is 54.8 Å². The van der Waals surface area contributed by atoms with Gasteiger partial charge in [-0.15, -0.1) is 0 Å². The van der Waals surface area contributed by atoms with Crippen LogP contribution in [0.5, 0.6) is 0 Å². The minimum absolute atomic E-state index is 0.250. The summed E-state index contributed by atoms with van der Waals surface area (Å²) >= 11 is 5.87. The molecule has 114 valence electrons. The summed E-state index contributed by atoms with van der Waals surface area (Å²) in [4.78, 5) is 23.7. The molecule has 2 aromatic rings. The van der Waals surface area contributed by atoms with Gasteiger partial charge in [0.05, 0.1) is 0 Å². The van der Waals surface area contributed by atoms with Gasteiger partial charge in [0.1, 0.15) is 0 Å². The highest BCUT2D eigenvalue weighted by Gasteiger charge is 2.13. The summed E-state index contributed by atoms with van der Waals surface area (Å²) < 4.78 is 0. The van der Waals surface area contributed by atoms with Crippen LogP contribution in [-0.2, 0) is 16.1 Å². The number of amides is 2. The monoisotopic (exact) mass is 316 g/mol. The molecule has 2 amide bonds. The van der Waals surface area contributed by atoms with E-state index in [1.807, 2.05) is 38.1 Å². The van der Waals surface area contributed by atoms with E-state index < -0.39 is 11.8 Å². The molecule has 22 heavy (non-hydrogen) atoms. The van der Waals surface area contributed by atoms with Gasteiger partial charge in [-0.2, -0.15) is 0 Å². The second-order valence-electron chi connectivity index (χ2n) is 5.14. The molecule has 0 spiro atoms. The third-order valence-corrected chi connectivity index (χ3v) is 3.26. The molecule has 0 aliphatic carbocycles. The molecule has 5 heteroatoms. The van der Waals surface area contributed by atoms with Gasteiger partial charge in [0.15, 0.2) is 0 Å². The predicted octanol–water partition coefficient (Wildman–Crippen LogP) is 3.21. The van der Waals surface area contributed by atoms with E-state index in [9.17, 15) is 9.59 Å². The zero-order valence-electron chi connectivity index (χ0n) is 12.4. The van der Waals surface area contributed by atoms with E-state index in [1.54, 1.807) is 18.2 Å². The Morgan fingerprint density at radius 1 is 1.00 bits per heavy atom. The molecule has 0 fully saturated rings. The van der Waals surface area contributed by atoms with Gasteiger partial charge in [-0.1, -0.05) is 29.8 Å². The largest absolute Gasteiger partial charge is 0.344 e. The number of carbonyl (C=O) groups is 2. The van der Waals surface area contributed by atoms with Gasteiger partial charge in [0, 0.05) is 17.3 Å². The molecule has 0 saturated heterocycles. The van der Waals surface area contributed by atoms with Crippen molar-refractivity contribution < 1.29 is 9.59 Å². The first kappa shape index (κ1) is 16.0. The first-order chi connectivity index (χ1) is 10.4. The van der Waals surface area contributed by atoms with Crippen LogP contribution in [0.25, 0.3) is 0 Å². The molecule has 0 unspecified atom stereocenters. The number of nitrogens with one attached hydrogen (secondary N) is 2. The van der Waals surface area contributed by atoms with Gasteiger partial charge < -0.3 is 10.6 Å². The van der Waals surface area contributed by atoms with Crippen LogP contribution in [0.2, 0.25) is 5.02 Å². The van der Waals surface area contributed by atoms with Crippen molar-refractivity contribution in [2.75, 3.05) is 5.32 Å². The van der Waals surface area contributed by atoms with E-state index in [2.05, 4.69) is 10.6 Å². The number of hydrogen-bond acceptors (Lipinski definition) is 2. The number of halogens is 1. The fraction of sp³-hybridized carbons (Fsp3) is 0.176. The first-order valence-corrected chi connectivity index (χ1v) is 7.24. The topological polar surface area (TPSA) is 58.2 Å². The average Bonchev–Trinajstić information content (AvgIpc) is 2.43. The Labute approximate surface area is 134 Å². The molecule has 0 aromatic heterocycles. The third-order valence-electron chi connectivity index (χ3n) is 3.03. The maximum absolute atomic E-state index is 11.9. The van der Waals surface area contributed by atoms with Gasteiger partial charge in [-0.25, -0.2) is 0 Å². The lowest BCUT2D eigenvalue weighted by Gasteiger charge is -2.08. The summed E-state index contributed by atoms with van der Waals surface area (Å²) in [6, 6.07) is 12.7. The zero-order chi connectivity index (χ0) is 16.1. The van der Waals surface area contributed by atoms with Crippen molar-refractivity contribution in [3.05, 3.63) is 64.2 Å². The number of carbonyl (C=O) groups excluding carboxylic acids is 2. The fourth-order valence-electron chi connectivity index (χ4n) is 2.14. The average molecular weight is 317 g/mol. The van der Waals surface area contributed by atoms with Crippen molar-refractivity contribution in [2.45, 2.75) is 20.4 Å². The number of hydrogen-bond donors (Lipinski definition) is 2. The smallest absolute Gasteiger partial charge is 0.313 e. The Morgan fingerprint density at radius 3 is 2.32 bits per heavy atom. The van der Waals surface area contributed by atoms with E-state index in [-0.39, 0.29) is 6.54 Å². The maximum atomic E-state index is 11.9. The molecule has 0 bridgehead atoms. The molecule has 4 nitrogen and oxygen atoms in total. The van der Waals surface area contributed by atoms with Crippen molar-refractivity contribution in [3.8, 4) is 0 Å². The van der Waals surface area contributed by atoms with Crippen LogP contribution in [0.1, 0.15) is 16.7 Å². The number of aryl methyl sites for hydroxylation is 2. The number of rotatable bonds is 3. The summed E-state index contributed by atoms with van der Waals surface area (Å²) in [5.74, 6) is -1.37. The molecule has 0 aliphatic heterocycles. The zero-order valence-corrected chi connectivity index (χ0v) is 13.2. The van der Waals surface area contributed by atoms with E-state index >= 15 is 0 Å². The lowest BCUT2D eigenvalue weighted by molar-refractivity contribution is -0.136. The Hall–Kier alpha value is -2.33. The second-order valence-corrected chi connectivity index (χ2v) is 5.58. The third kappa shape index (κ3) is 4.60. The van der Waals surface area contributed by atoms with Gasteiger partial charge in [0.2, 0.25) is 0 Å². The summed E-state index contributed by atoms with van der Waals surface area (Å²) in [5, 5.41) is 5.75. The summed E-state index contributed by atoms with van der Waals surface area (Å²) in [5.41, 5.74) is 3.49. The standard InChI is InChI=1S/C17H17ClN2O2/c1-11-6-12(2)8-15(7-11)20-17(22)16(21)19-10-13-4-3-5-14(18)9-13/h3-9H,10H2,1-2H3,(H,19,21)(H,20,22). The molecule has 2 N–H and O–H groups in total. The van der Waals surface area contributed by atoms with Gasteiger partial charge in [0.25, 0.3) is 0 Å². The van der Waals surface area contributed by atoms with Crippen LogP contribution in [-0.4, -0.2) is 11.8 Å². The molecule has 2 aromatic carbocycles. The van der Waals surface area contributed by atoms with E-state index in [0.717, 1.165) is 16.7 Å². The lowest BCUT2D eigenvalue weighted by atomic mass is 10.1. The second kappa shape index (κ2) is 7.09. The molecule has 0 radical (unpaired) electrons. The SMILES string of the molecule is Cc1cc(C)cc(NC(=O)C(=O)NCc2cccc(Cl)c2)c1. The summed E-state index contributed by atoms with van der Waals surface area (Å²) in [6.45, 7) is 4.11. The van der Waals surface area contributed by atoms with Crippen LogP contribution >= 0.6 is 11.6 Å². The molecule has 0 saturated carbocycles. The molecule has 0 heterocycles. The van der Waals surface area contributed by atoms with Crippen molar-refractivity contribution in [3.63, 3.8) is 0 Å². The molecular formula is C17H17ClN2O2. The minimum atomic E-state index is -0.688. The van der Waals surface area contributed by atoms with Crippen LogP contribution in [0, 0.1) is 13.8 Å². The molecule has 0 atom stereocenters. The van der Waals surface area contributed by atoms with Crippen LogP contribution < -0.4 is 10.6 Å². The maximum Gasteiger partial charge on any atom is 0.313 e. The first-order valence-electron chi connectivity index (χ1n) is 6.86. The number of anilines is 1. The van der Waals surface area contributed by atoms with Crippen LogP contribution in [0.15, 0.2) is 42.5 Å². The molecule has 2 rings (SSSR count). The highest BCUT2D eigenvalue weighted by Crippen LogP contribution is 2.13. The van der Waals surface area contributed by atoms with E-state index in [4.69, 9.17) is 11.6 Å². The molecular weight excluding hydrogens is 300 g/mol. The Bertz CT molecular complexity index is 693. The van der Waals surface area contributed by atoms with Gasteiger partial charge >= 0.3 is 11.8 Å². The predicted molar refractivity (Wildman–Crippen MR) is 87.8 cm³/mol. The summed E-state index contributed by atoms with van der Waals surface area (Å²) in [7, 11) is 0. The van der Waals surface area contributed by atoms with Crippen LogP contribution in [0.4, 0.5) is 5.69 Å². The van der Waals surface area contributed by atoms with Crippen molar-refractivity contribution >= 4 is 29.1 Å². The number of benzene rings is 2. The molecule has 0 aliphatic rings. The highest BCUT2D eigenvalue weighted by atomic mass is 35.5. The highest BCUT2D eigenvalue weighted by molar-refractivity contribution is 6.39. The van der Waals surface area contributed by atoms with E-state index in [0.29, 0.717) is 10.7 Å². The summed E-state index contributed by atoms with van der Waals surface area (Å²) in [6.07, 6.45) is 0.